The van der Waals surface area contributed by atoms with Crippen molar-refractivity contribution in [3.63, 3.8) is 0 Å². The van der Waals surface area contributed by atoms with E-state index >= 15 is 0 Å². The highest BCUT2D eigenvalue weighted by Gasteiger charge is 2.11. The van der Waals surface area contributed by atoms with Crippen LogP contribution in [0.1, 0.15) is 12.5 Å². The van der Waals surface area contributed by atoms with Crippen LogP contribution in [0.3, 0.4) is 0 Å². The number of anilines is 1. The van der Waals surface area contributed by atoms with Gasteiger partial charge in [-0.25, -0.2) is 13.6 Å². The zero-order valence-corrected chi connectivity index (χ0v) is 12.1. The van der Waals surface area contributed by atoms with Crippen LogP contribution in [-0.4, -0.2) is 20.9 Å². The Labute approximate surface area is 119 Å². The molecule has 0 radical (unpaired) electrons. The summed E-state index contributed by atoms with van der Waals surface area (Å²) >= 11 is 0. The Morgan fingerprint density at radius 3 is 2.26 bits per heavy atom. The molecule has 6 nitrogen and oxygen atoms in total. The highest BCUT2D eigenvalue weighted by atomic mass is 35.5. The molecule has 1 unspecified atom stereocenters. The Balaban J connectivity index is 0.00000324. The molecule has 1 aromatic rings. The fourth-order valence-electron chi connectivity index (χ4n) is 1.29. The highest BCUT2D eigenvalue weighted by molar-refractivity contribution is 7.88. The van der Waals surface area contributed by atoms with Crippen LogP contribution in [0.2, 0.25) is 0 Å². The van der Waals surface area contributed by atoms with Gasteiger partial charge in [-0.3, -0.25) is 4.79 Å². The fourth-order valence-corrected chi connectivity index (χ4v) is 1.95. The topological polar surface area (TPSA) is 115 Å². The molecule has 1 aromatic carbocycles. The second-order valence-electron chi connectivity index (χ2n) is 4.13. The standard InChI is InChI=1S/C11H17N3O3S.ClH/c1-8(6-12)11(15)14-10-4-2-9(3-5-10)7-18(13,16)17;/h2-5,8H,6-7,12H2,1H3,(H,14,15)(H2,13,16,17);1H. The van der Waals surface area contributed by atoms with E-state index in [1.807, 2.05) is 0 Å². The number of carbonyl (C=O) groups is 1. The van der Waals surface area contributed by atoms with Crippen LogP contribution in [0.5, 0.6) is 0 Å². The van der Waals surface area contributed by atoms with Gasteiger partial charge in [0.15, 0.2) is 0 Å². The third-order valence-corrected chi connectivity index (χ3v) is 3.13. The first-order chi connectivity index (χ1) is 8.31. The predicted molar refractivity (Wildman–Crippen MR) is 77.3 cm³/mol. The largest absolute Gasteiger partial charge is 0.330 e. The van der Waals surface area contributed by atoms with Gasteiger partial charge in [-0.2, -0.15) is 0 Å². The molecule has 0 aliphatic rings. The van der Waals surface area contributed by atoms with E-state index < -0.39 is 10.0 Å². The molecule has 19 heavy (non-hydrogen) atoms. The van der Waals surface area contributed by atoms with Gasteiger partial charge in [0.25, 0.3) is 0 Å². The Hall–Kier alpha value is -1.15. The minimum atomic E-state index is -3.53. The Morgan fingerprint density at radius 2 is 1.84 bits per heavy atom. The Bertz CT molecular complexity index is 516. The van der Waals surface area contributed by atoms with Gasteiger partial charge in [0.1, 0.15) is 0 Å². The summed E-state index contributed by atoms with van der Waals surface area (Å²) in [5, 5.41) is 7.62. The average Bonchev–Trinajstić information content (AvgIpc) is 2.28. The van der Waals surface area contributed by atoms with Crippen molar-refractivity contribution in [1.29, 1.82) is 0 Å². The van der Waals surface area contributed by atoms with Crippen LogP contribution in [-0.2, 0) is 20.6 Å². The average molecular weight is 308 g/mol. The molecule has 0 bridgehead atoms. The van der Waals surface area contributed by atoms with Crippen molar-refractivity contribution in [3.8, 4) is 0 Å². The molecule has 0 aliphatic carbocycles. The number of nitrogens with one attached hydrogen (secondary N) is 1. The molecular weight excluding hydrogens is 290 g/mol. The molecular formula is C11H18ClN3O3S. The maximum Gasteiger partial charge on any atom is 0.228 e. The SMILES string of the molecule is CC(CN)C(=O)Nc1ccc(CS(N)(=O)=O)cc1.Cl. The first-order valence-electron chi connectivity index (χ1n) is 5.42. The van der Waals surface area contributed by atoms with E-state index in [4.69, 9.17) is 10.9 Å². The number of hydrogen-bond donors (Lipinski definition) is 3. The van der Waals surface area contributed by atoms with Gasteiger partial charge in [0.05, 0.1) is 5.75 Å². The smallest absolute Gasteiger partial charge is 0.228 e. The first-order valence-corrected chi connectivity index (χ1v) is 7.13. The molecule has 1 atom stereocenters. The quantitative estimate of drug-likeness (QED) is 0.731. The monoisotopic (exact) mass is 307 g/mol. The lowest BCUT2D eigenvalue weighted by molar-refractivity contribution is -0.119. The van der Waals surface area contributed by atoms with Crippen molar-refractivity contribution in [2.75, 3.05) is 11.9 Å². The summed E-state index contributed by atoms with van der Waals surface area (Å²) in [5.41, 5.74) is 6.55. The summed E-state index contributed by atoms with van der Waals surface area (Å²) < 4.78 is 21.8. The second kappa shape index (κ2) is 7.44. The van der Waals surface area contributed by atoms with E-state index in [-0.39, 0.29) is 36.5 Å². The fraction of sp³-hybridized carbons (Fsp3) is 0.364. The van der Waals surface area contributed by atoms with Crippen LogP contribution < -0.4 is 16.2 Å². The number of primary sulfonamides is 1. The number of sulfonamides is 1. The maximum atomic E-state index is 11.6. The van der Waals surface area contributed by atoms with Crippen molar-refractivity contribution in [1.82, 2.24) is 0 Å². The van der Waals surface area contributed by atoms with E-state index in [0.717, 1.165) is 0 Å². The Morgan fingerprint density at radius 1 is 1.32 bits per heavy atom. The zero-order chi connectivity index (χ0) is 13.8. The summed E-state index contributed by atoms with van der Waals surface area (Å²) in [6, 6.07) is 6.46. The second-order valence-corrected chi connectivity index (χ2v) is 5.74. The lowest BCUT2D eigenvalue weighted by Gasteiger charge is -2.10. The molecule has 0 fully saturated rings. The molecule has 8 heteroatoms. The summed E-state index contributed by atoms with van der Waals surface area (Å²) in [4.78, 5) is 11.6. The van der Waals surface area contributed by atoms with Crippen LogP contribution in [0.4, 0.5) is 5.69 Å². The summed E-state index contributed by atoms with van der Waals surface area (Å²) in [7, 11) is -3.53. The number of nitrogens with two attached hydrogens (primary N) is 2. The normalized spacial score (nSPS) is 12.4. The molecule has 0 saturated carbocycles. The third kappa shape index (κ3) is 6.53. The van der Waals surface area contributed by atoms with Crippen molar-refractivity contribution in [2.45, 2.75) is 12.7 Å². The number of hydrogen-bond acceptors (Lipinski definition) is 4. The highest BCUT2D eigenvalue weighted by Crippen LogP contribution is 2.12. The predicted octanol–water partition coefficient (Wildman–Crippen LogP) is 0.430. The van der Waals surface area contributed by atoms with Gasteiger partial charge in [-0.05, 0) is 17.7 Å². The number of benzene rings is 1. The van der Waals surface area contributed by atoms with Crippen molar-refractivity contribution < 1.29 is 13.2 Å². The summed E-state index contributed by atoms with van der Waals surface area (Å²) in [6.07, 6.45) is 0. The van der Waals surface area contributed by atoms with Crippen molar-refractivity contribution in [2.24, 2.45) is 16.8 Å². The molecule has 0 heterocycles. The molecule has 108 valence electrons. The maximum absolute atomic E-state index is 11.6. The van der Waals surface area contributed by atoms with E-state index in [0.29, 0.717) is 11.3 Å². The Kier molecular flexibility index (Phi) is 6.99. The van der Waals surface area contributed by atoms with Crippen LogP contribution in [0.25, 0.3) is 0 Å². The summed E-state index contributed by atoms with van der Waals surface area (Å²) in [5.74, 6) is -0.661. The van der Waals surface area contributed by atoms with E-state index in [2.05, 4.69) is 5.32 Å². The van der Waals surface area contributed by atoms with Gasteiger partial charge in [-0.15, -0.1) is 12.4 Å². The molecule has 5 N–H and O–H groups in total. The summed E-state index contributed by atoms with van der Waals surface area (Å²) in [6.45, 7) is 2.00. The third-order valence-electron chi connectivity index (χ3n) is 2.39. The van der Waals surface area contributed by atoms with Gasteiger partial charge in [0, 0.05) is 18.2 Å². The number of rotatable bonds is 5. The van der Waals surface area contributed by atoms with Crippen molar-refractivity contribution >= 4 is 34.0 Å². The number of halogens is 1. The molecule has 0 aliphatic heterocycles. The molecule has 0 spiro atoms. The van der Waals surface area contributed by atoms with E-state index in [1.54, 1.807) is 31.2 Å². The lowest BCUT2D eigenvalue weighted by atomic mass is 10.1. The van der Waals surface area contributed by atoms with E-state index in [1.165, 1.54) is 0 Å². The minimum Gasteiger partial charge on any atom is -0.330 e. The van der Waals surface area contributed by atoms with Gasteiger partial charge >= 0.3 is 0 Å². The van der Waals surface area contributed by atoms with Crippen LogP contribution in [0, 0.1) is 5.92 Å². The van der Waals surface area contributed by atoms with Gasteiger partial charge in [-0.1, -0.05) is 19.1 Å². The molecule has 0 aromatic heterocycles. The van der Waals surface area contributed by atoms with Gasteiger partial charge < -0.3 is 11.1 Å². The number of amides is 1. The minimum absolute atomic E-state index is 0. The molecule has 1 amide bonds. The first kappa shape index (κ1) is 17.8. The van der Waals surface area contributed by atoms with Crippen molar-refractivity contribution in [3.05, 3.63) is 29.8 Å². The van der Waals surface area contributed by atoms with E-state index in [9.17, 15) is 13.2 Å². The zero-order valence-electron chi connectivity index (χ0n) is 10.5. The van der Waals surface area contributed by atoms with Gasteiger partial charge in [0.2, 0.25) is 15.9 Å². The number of carbonyl (C=O) groups excluding carboxylic acids is 1. The van der Waals surface area contributed by atoms with Crippen LogP contribution >= 0.6 is 12.4 Å². The van der Waals surface area contributed by atoms with Crippen LogP contribution in [0.15, 0.2) is 24.3 Å². The molecule has 1 rings (SSSR count). The lowest BCUT2D eigenvalue weighted by Crippen LogP contribution is -2.26. The molecule has 0 saturated heterocycles.